The summed E-state index contributed by atoms with van der Waals surface area (Å²) in [5, 5.41) is 21.1. The number of carbonyl (C=O) groups is 2. The Morgan fingerprint density at radius 1 is 1.00 bits per heavy atom. The van der Waals surface area contributed by atoms with Gasteiger partial charge in [-0.1, -0.05) is 60.3 Å². The van der Waals surface area contributed by atoms with E-state index in [-0.39, 0.29) is 44.0 Å². The van der Waals surface area contributed by atoms with Gasteiger partial charge in [0.1, 0.15) is 0 Å². The van der Waals surface area contributed by atoms with Crippen LogP contribution < -0.4 is 5.32 Å². The number of carboxylic acids is 1. The number of fused-ring (bicyclic) bond motifs is 1. The smallest absolute Gasteiger partial charge is 0.303 e. The van der Waals surface area contributed by atoms with Crippen LogP contribution in [0.3, 0.4) is 0 Å². The molecule has 1 saturated heterocycles. The average molecular weight is 579 g/mol. The molecule has 3 aromatic carbocycles. The van der Waals surface area contributed by atoms with E-state index < -0.39 is 12.3 Å². The van der Waals surface area contributed by atoms with Crippen molar-refractivity contribution in [2.75, 3.05) is 11.1 Å². The number of benzene rings is 3. The van der Waals surface area contributed by atoms with Crippen LogP contribution in [0, 0.1) is 0 Å². The fourth-order valence-electron chi connectivity index (χ4n) is 4.49. The van der Waals surface area contributed by atoms with Gasteiger partial charge in [-0.2, -0.15) is 0 Å². The second-order valence-corrected chi connectivity index (χ2v) is 11.8. The minimum atomic E-state index is -0.919. The number of aliphatic carboxylic acids is 1. The fourth-order valence-corrected chi connectivity index (χ4v) is 6.60. The molecule has 1 fully saturated rings. The maximum absolute atomic E-state index is 12.3. The molecule has 5 rings (SSSR count). The van der Waals surface area contributed by atoms with Gasteiger partial charge < -0.3 is 25.0 Å². The molecule has 3 N–H and O–H groups in total. The Morgan fingerprint density at radius 2 is 1.82 bits per heavy atom. The third-order valence-corrected chi connectivity index (χ3v) is 8.83. The number of nitrogens with zero attached hydrogens (tertiary/aromatic N) is 1. The van der Waals surface area contributed by atoms with E-state index in [0.717, 1.165) is 31.2 Å². The third kappa shape index (κ3) is 7.47. The summed E-state index contributed by atoms with van der Waals surface area (Å²) in [5.41, 5.74) is 4.20. The largest absolute Gasteiger partial charge is 0.481 e. The van der Waals surface area contributed by atoms with Gasteiger partial charge in [0.25, 0.3) is 0 Å². The van der Waals surface area contributed by atoms with Crippen LogP contribution in [-0.4, -0.2) is 38.9 Å². The van der Waals surface area contributed by atoms with Crippen LogP contribution in [0.2, 0.25) is 0 Å². The highest BCUT2D eigenvalue weighted by molar-refractivity contribution is 8.01. The minimum Gasteiger partial charge on any atom is -0.481 e. The first kappa shape index (κ1) is 28.3. The summed E-state index contributed by atoms with van der Waals surface area (Å²) in [6.07, 6.45) is 0.0290. The van der Waals surface area contributed by atoms with Gasteiger partial charge >= 0.3 is 5.97 Å². The zero-order chi connectivity index (χ0) is 27.9. The molecule has 1 amide bonds. The van der Waals surface area contributed by atoms with E-state index in [9.17, 15) is 14.7 Å². The van der Waals surface area contributed by atoms with Crippen molar-refractivity contribution >= 4 is 50.9 Å². The molecule has 3 atom stereocenters. The summed E-state index contributed by atoms with van der Waals surface area (Å²) in [6.45, 7) is -0.0200. The number of para-hydroxylation sites is 1. The van der Waals surface area contributed by atoms with Crippen molar-refractivity contribution in [3.8, 4) is 0 Å². The molecule has 40 heavy (non-hydrogen) atoms. The van der Waals surface area contributed by atoms with Gasteiger partial charge in [-0.15, -0.1) is 11.3 Å². The topological polar surface area (TPSA) is 118 Å². The monoisotopic (exact) mass is 578 g/mol. The number of nitrogens with one attached hydrogen (secondary N) is 1. The first-order valence-corrected chi connectivity index (χ1v) is 14.9. The van der Waals surface area contributed by atoms with Crippen molar-refractivity contribution in [2.24, 2.45) is 0 Å². The van der Waals surface area contributed by atoms with Crippen LogP contribution in [0.1, 0.15) is 54.8 Å². The predicted octanol–water partition coefficient (Wildman–Crippen LogP) is 6.32. The molecule has 0 spiro atoms. The molecule has 0 bridgehead atoms. The maximum atomic E-state index is 12.3. The molecule has 8 nitrogen and oxygen atoms in total. The number of thiazole rings is 1. The number of aliphatic hydroxyl groups is 1. The average Bonchev–Trinajstić information content (AvgIpc) is 3.39. The zero-order valence-corrected chi connectivity index (χ0v) is 23.3. The maximum Gasteiger partial charge on any atom is 0.303 e. The van der Waals surface area contributed by atoms with Crippen LogP contribution in [0.15, 0.2) is 77.1 Å². The van der Waals surface area contributed by atoms with Crippen LogP contribution in [0.4, 0.5) is 5.69 Å². The molecular weight excluding hydrogens is 548 g/mol. The highest BCUT2D eigenvalue weighted by Crippen LogP contribution is 2.40. The first-order valence-electron chi connectivity index (χ1n) is 13.1. The Bertz CT molecular complexity index is 1430. The molecule has 1 aliphatic rings. The van der Waals surface area contributed by atoms with E-state index in [1.807, 2.05) is 60.7 Å². The van der Waals surface area contributed by atoms with Crippen molar-refractivity contribution < 1.29 is 29.3 Å². The Balaban J connectivity index is 1.31. The second-order valence-electron chi connectivity index (χ2n) is 9.53. The molecule has 0 aliphatic carbocycles. The van der Waals surface area contributed by atoms with Gasteiger partial charge in [0, 0.05) is 36.3 Å². The molecule has 10 heteroatoms. The molecule has 2 heterocycles. The SMILES string of the molecule is O=C(O)CCCC(=O)Nc1cccc(C2OC(c3ccc(CO)cc3)C[C@@H](CSc3nc4ccccc4s3)O2)c1. The lowest BCUT2D eigenvalue weighted by molar-refractivity contribution is -0.245. The number of rotatable bonds is 11. The standard InChI is InChI=1S/C30H30N2O6S2/c33-17-19-11-13-20(14-12-19)25-16-23(18-39-30-32-24-7-1-2-8-26(24)40-30)37-29(38-25)21-5-3-6-22(15-21)31-27(34)9-4-10-28(35)36/h1-3,5-8,11-15,23,25,29,33H,4,9-10,16-18H2,(H,31,34)(H,35,36)/t23-,25?,29?/m0/s1. The number of amides is 1. The molecular formula is C30H30N2O6S2. The van der Waals surface area contributed by atoms with Gasteiger partial charge in [0.15, 0.2) is 10.6 Å². The summed E-state index contributed by atoms with van der Waals surface area (Å²) in [6, 6.07) is 23.2. The van der Waals surface area contributed by atoms with Crippen molar-refractivity contribution in [3.63, 3.8) is 0 Å². The van der Waals surface area contributed by atoms with Gasteiger partial charge in [0.2, 0.25) is 5.91 Å². The number of hydrogen-bond acceptors (Lipinski definition) is 8. The van der Waals surface area contributed by atoms with E-state index >= 15 is 0 Å². The van der Waals surface area contributed by atoms with Gasteiger partial charge in [-0.25, -0.2) is 4.98 Å². The van der Waals surface area contributed by atoms with E-state index in [2.05, 4.69) is 11.4 Å². The van der Waals surface area contributed by atoms with Crippen LogP contribution >= 0.6 is 23.1 Å². The quantitative estimate of drug-likeness (QED) is 0.177. The summed E-state index contributed by atoms with van der Waals surface area (Å²) >= 11 is 3.34. The molecule has 4 aromatic rings. The van der Waals surface area contributed by atoms with Crippen molar-refractivity contribution in [1.29, 1.82) is 0 Å². The van der Waals surface area contributed by atoms with E-state index in [4.69, 9.17) is 19.6 Å². The van der Waals surface area contributed by atoms with Gasteiger partial charge in [0.05, 0.1) is 29.0 Å². The molecule has 1 aromatic heterocycles. The summed E-state index contributed by atoms with van der Waals surface area (Å²) in [7, 11) is 0. The second kappa shape index (κ2) is 13.4. The van der Waals surface area contributed by atoms with Crippen molar-refractivity contribution in [1.82, 2.24) is 4.98 Å². The summed E-state index contributed by atoms with van der Waals surface area (Å²) in [5.74, 6) is -0.459. The molecule has 0 radical (unpaired) electrons. The Morgan fingerprint density at radius 3 is 2.60 bits per heavy atom. The van der Waals surface area contributed by atoms with Crippen LogP contribution in [-0.2, 0) is 25.7 Å². The number of carboxylic acid groups (broad SMARTS) is 1. The predicted molar refractivity (Wildman–Crippen MR) is 155 cm³/mol. The van der Waals surface area contributed by atoms with Crippen molar-refractivity contribution in [3.05, 3.63) is 89.5 Å². The number of anilines is 1. The van der Waals surface area contributed by atoms with E-state index in [1.54, 1.807) is 29.2 Å². The summed E-state index contributed by atoms with van der Waals surface area (Å²) in [4.78, 5) is 27.8. The normalized spacial score (nSPS) is 19.0. The molecule has 1 aliphatic heterocycles. The first-order chi connectivity index (χ1) is 19.5. The molecule has 0 saturated carbocycles. The van der Waals surface area contributed by atoms with Crippen LogP contribution in [0.5, 0.6) is 0 Å². The molecule has 208 valence electrons. The number of aliphatic hydroxyl groups excluding tert-OH is 1. The van der Waals surface area contributed by atoms with Crippen molar-refractivity contribution in [2.45, 2.75) is 55.1 Å². The number of thioether (sulfide) groups is 1. The highest BCUT2D eigenvalue weighted by atomic mass is 32.2. The van der Waals surface area contributed by atoms with Crippen LogP contribution in [0.25, 0.3) is 10.2 Å². The zero-order valence-electron chi connectivity index (χ0n) is 21.7. The number of hydrogen-bond donors (Lipinski definition) is 3. The van der Waals surface area contributed by atoms with Gasteiger partial charge in [-0.3, -0.25) is 9.59 Å². The molecule has 2 unspecified atom stereocenters. The lowest BCUT2D eigenvalue weighted by atomic mass is 10.0. The van der Waals surface area contributed by atoms with E-state index in [0.29, 0.717) is 17.9 Å². The fraction of sp³-hybridized carbons (Fsp3) is 0.300. The Kier molecular flexibility index (Phi) is 9.45. The minimum absolute atomic E-state index is 0.0200. The number of carbonyl (C=O) groups excluding carboxylic acids is 1. The Labute approximate surface area is 240 Å². The lowest BCUT2D eigenvalue weighted by Gasteiger charge is -2.36. The Hall–Kier alpha value is -3.28. The summed E-state index contributed by atoms with van der Waals surface area (Å²) < 4.78 is 15.0. The van der Waals surface area contributed by atoms with E-state index in [1.165, 1.54) is 0 Å². The number of ether oxygens (including phenoxy) is 2. The van der Waals surface area contributed by atoms with Gasteiger partial charge in [-0.05, 0) is 41.8 Å². The number of aromatic nitrogens is 1. The third-order valence-electron chi connectivity index (χ3n) is 6.52. The lowest BCUT2D eigenvalue weighted by Crippen LogP contribution is -2.31. The highest BCUT2D eigenvalue weighted by Gasteiger charge is 2.32.